The van der Waals surface area contributed by atoms with E-state index in [2.05, 4.69) is 10.1 Å². The van der Waals surface area contributed by atoms with E-state index >= 15 is 0 Å². The number of nitrogens with zero attached hydrogens (tertiary/aromatic N) is 2. The molecule has 0 amide bonds. The van der Waals surface area contributed by atoms with Crippen LogP contribution in [0.3, 0.4) is 0 Å². The Labute approximate surface area is 130 Å². The molecule has 2 aromatic carbocycles. The summed E-state index contributed by atoms with van der Waals surface area (Å²) in [6.45, 7) is 0. The van der Waals surface area contributed by atoms with Gasteiger partial charge in [0, 0.05) is 24.6 Å². The molecule has 1 aliphatic heterocycles. The lowest BCUT2D eigenvalue weighted by molar-refractivity contribution is 0.318. The summed E-state index contributed by atoms with van der Waals surface area (Å²) >= 11 is 5.75. The van der Waals surface area contributed by atoms with Gasteiger partial charge in [-0.05, 0) is 35.4 Å². The standard InChI is InChI=1S/C16H11ClF2N2O/c17-12-7-9(1-3-13(12)18)8-15(21-22)10-2-4-14(19)16-11(10)5-6-20-16/h1-4,6-7,22H,5,8H2/b21-15+. The molecule has 6 heteroatoms. The zero-order valence-corrected chi connectivity index (χ0v) is 12.1. The summed E-state index contributed by atoms with van der Waals surface area (Å²) in [7, 11) is 0. The molecule has 0 saturated heterocycles. The lowest BCUT2D eigenvalue weighted by Crippen LogP contribution is -2.09. The first-order valence-corrected chi connectivity index (χ1v) is 6.97. The van der Waals surface area contributed by atoms with Crippen LogP contribution in [-0.4, -0.2) is 17.1 Å². The van der Waals surface area contributed by atoms with Crippen LogP contribution in [0.4, 0.5) is 14.5 Å². The Balaban J connectivity index is 1.96. The summed E-state index contributed by atoms with van der Waals surface area (Å²) in [5.74, 6) is -0.918. The van der Waals surface area contributed by atoms with Crippen LogP contribution in [0.2, 0.25) is 5.02 Å². The predicted octanol–water partition coefficient (Wildman–Crippen LogP) is 4.30. The maximum atomic E-state index is 13.7. The molecule has 0 fully saturated rings. The number of fused-ring (bicyclic) bond motifs is 1. The van der Waals surface area contributed by atoms with E-state index in [9.17, 15) is 14.0 Å². The Morgan fingerprint density at radius 3 is 2.73 bits per heavy atom. The fraction of sp³-hybridized carbons (Fsp3) is 0.125. The minimum Gasteiger partial charge on any atom is -0.411 e. The van der Waals surface area contributed by atoms with E-state index in [-0.39, 0.29) is 17.1 Å². The third kappa shape index (κ3) is 2.60. The van der Waals surface area contributed by atoms with Crippen molar-refractivity contribution in [3.8, 4) is 0 Å². The highest BCUT2D eigenvalue weighted by Crippen LogP contribution is 2.31. The van der Waals surface area contributed by atoms with Gasteiger partial charge in [0.15, 0.2) is 0 Å². The van der Waals surface area contributed by atoms with Gasteiger partial charge in [-0.25, -0.2) is 8.78 Å². The first-order valence-electron chi connectivity index (χ1n) is 6.59. The summed E-state index contributed by atoms with van der Waals surface area (Å²) in [5, 5.41) is 12.6. The highest BCUT2D eigenvalue weighted by atomic mass is 35.5. The van der Waals surface area contributed by atoms with E-state index < -0.39 is 11.6 Å². The van der Waals surface area contributed by atoms with Crippen molar-refractivity contribution in [1.29, 1.82) is 0 Å². The number of rotatable bonds is 3. The Bertz CT molecular complexity index is 803. The second kappa shape index (κ2) is 5.85. The molecule has 0 aromatic heterocycles. The lowest BCUT2D eigenvalue weighted by Gasteiger charge is -2.10. The number of hydrogen-bond acceptors (Lipinski definition) is 3. The second-order valence-electron chi connectivity index (χ2n) is 4.91. The first-order chi connectivity index (χ1) is 10.6. The first kappa shape index (κ1) is 14.7. The average molecular weight is 321 g/mol. The van der Waals surface area contributed by atoms with Gasteiger partial charge >= 0.3 is 0 Å². The summed E-state index contributed by atoms with van der Waals surface area (Å²) in [6, 6.07) is 7.14. The zero-order chi connectivity index (χ0) is 15.7. The molecule has 3 rings (SSSR count). The van der Waals surface area contributed by atoms with Crippen LogP contribution < -0.4 is 0 Å². The quantitative estimate of drug-likeness (QED) is 0.511. The third-order valence-corrected chi connectivity index (χ3v) is 3.83. The molecule has 0 unspecified atom stereocenters. The molecule has 0 bridgehead atoms. The van der Waals surface area contributed by atoms with Crippen LogP contribution in [0.1, 0.15) is 16.7 Å². The molecule has 0 spiro atoms. The molecule has 1 heterocycles. The van der Waals surface area contributed by atoms with Crippen molar-refractivity contribution >= 4 is 29.2 Å². The Morgan fingerprint density at radius 2 is 2.00 bits per heavy atom. The molecule has 3 nitrogen and oxygen atoms in total. The summed E-state index contributed by atoms with van der Waals surface area (Å²) in [4.78, 5) is 4.00. The average Bonchev–Trinajstić information content (AvgIpc) is 3.00. The predicted molar refractivity (Wildman–Crippen MR) is 81.7 cm³/mol. The topological polar surface area (TPSA) is 45.0 Å². The minimum absolute atomic E-state index is 0.00228. The Kier molecular flexibility index (Phi) is 3.90. The van der Waals surface area contributed by atoms with Gasteiger partial charge in [-0.3, -0.25) is 4.99 Å². The fourth-order valence-electron chi connectivity index (χ4n) is 2.48. The van der Waals surface area contributed by atoms with Gasteiger partial charge in [0.05, 0.1) is 10.7 Å². The molecule has 0 saturated carbocycles. The van der Waals surface area contributed by atoms with Gasteiger partial charge < -0.3 is 5.21 Å². The van der Waals surface area contributed by atoms with Gasteiger partial charge in [0.1, 0.15) is 17.3 Å². The van der Waals surface area contributed by atoms with E-state index in [1.165, 1.54) is 18.2 Å². The molecule has 112 valence electrons. The van der Waals surface area contributed by atoms with E-state index in [4.69, 9.17) is 11.6 Å². The van der Waals surface area contributed by atoms with Crippen molar-refractivity contribution in [2.45, 2.75) is 12.8 Å². The second-order valence-corrected chi connectivity index (χ2v) is 5.32. The maximum Gasteiger partial charge on any atom is 0.149 e. The third-order valence-electron chi connectivity index (χ3n) is 3.54. The monoisotopic (exact) mass is 320 g/mol. The van der Waals surface area contributed by atoms with Gasteiger partial charge in [-0.15, -0.1) is 0 Å². The molecule has 0 atom stereocenters. The summed E-state index contributed by atoms with van der Waals surface area (Å²) in [5.41, 5.74) is 2.62. The van der Waals surface area contributed by atoms with E-state index in [1.807, 2.05) is 0 Å². The lowest BCUT2D eigenvalue weighted by atomic mass is 9.96. The molecule has 0 radical (unpaired) electrons. The smallest absolute Gasteiger partial charge is 0.149 e. The maximum absolute atomic E-state index is 13.7. The molecular formula is C16H11ClF2N2O. The molecule has 1 aliphatic rings. The highest BCUT2D eigenvalue weighted by molar-refractivity contribution is 6.30. The number of halogens is 3. The normalized spacial score (nSPS) is 13.5. The zero-order valence-electron chi connectivity index (χ0n) is 11.4. The Morgan fingerprint density at radius 1 is 1.23 bits per heavy atom. The van der Waals surface area contributed by atoms with Crippen molar-refractivity contribution in [2.75, 3.05) is 0 Å². The largest absolute Gasteiger partial charge is 0.411 e. The van der Waals surface area contributed by atoms with Gasteiger partial charge in [-0.2, -0.15) is 0 Å². The number of aliphatic imine (C=N–C) groups is 1. The van der Waals surface area contributed by atoms with Crippen LogP contribution in [-0.2, 0) is 12.8 Å². The van der Waals surface area contributed by atoms with Gasteiger partial charge in [0.2, 0.25) is 0 Å². The van der Waals surface area contributed by atoms with Crippen LogP contribution in [0.5, 0.6) is 0 Å². The van der Waals surface area contributed by atoms with Crippen molar-refractivity contribution < 1.29 is 14.0 Å². The molecular weight excluding hydrogens is 310 g/mol. The molecule has 1 N–H and O–H groups in total. The number of benzene rings is 2. The van der Waals surface area contributed by atoms with E-state index in [0.29, 0.717) is 28.8 Å². The fourth-order valence-corrected chi connectivity index (χ4v) is 2.68. The molecule has 0 aliphatic carbocycles. The summed E-state index contributed by atoms with van der Waals surface area (Å²) < 4.78 is 26.9. The van der Waals surface area contributed by atoms with Gasteiger partial charge in [0.25, 0.3) is 0 Å². The molecule has 22 heavy (non-hydrogen) atoms. The number of hydrogen-bond donors (Lipinski definition) is 1. The van der Waals surface area contributed by atoms with Crippen LogP contribution in [0.15, 0.2) is 40.5 Å². The summed E-state index contributed by atoms with van der Waals surface area (Å²) in [6.07, 6.45) is 2.33. The van der Waals surface area contributed by atoms with E-state index in [0.717, 1.165) is 0 Å². The Hall–Kier alpha value is -2.27. The van der Waals surface area contributed by atoms with Crippen LogP contribution in [0, 0.1) is 11.6 Å². The van der Waals surface area contributed by atoms with Crippen molar-refractivity contribution in [3.63, 3.8) is 0 Å². The van der Waals surface area contributed by atoms with Crippen molar-refractivity contribution in [3.05, 3.63) is 63.7 Å². The SMILES string of the molecule is O/N=C(\Cc1ccc(F)c(Cl)c1)c1ccc(F)c2c1CC=N2. The van der Waals surface area contributed by atoms with Gasteiger partial charge in [-0.1, -0.05) is 22.8 Å². The van der Waals surface area contributed by atoms with E-state index in [1.54, 1.807) is 18.3 Å². The van der Waals surface area contributed by atoms with Crippen LogP contribution >= 0.6 is 11.6 Å². The molecule has 2 aromatic rings. The van der Waals surface area contributed by atoms with Crippen molar-refractivity contribution in [2.24, 2.45) is 10.1 Å². The highest BCUT2D eigenvalue weighted by Gasteiger charge is 2.20. The van der Waals surface area contributed by atoms with Crippen LogP contribution in [0.25, 0.3) is 0 Å². The minimum atomic E-state index is -0.510. The number of oxime groups is 1. The van der Waals surface area contributed by atoms with Crippen molar-refractivity contribution in [1.82, 2.24) is 0 Å².